The van der Waals surface area contributed by atoms with E-state index in [1.165, 1.54) is 4.90 Å². The molecule has 2 aromatic carbocycles. The Hall–Kier alpha value is -3.33. The minimum Gasteiger partial charge on any atom is -0.495 e. The summed E-state index contributed by atoms with van der Waals surface area (Å²) in [6, 6.07) is 14.2. The van der Waals surface area contributed by atoms with Gasteiger partial charge in [-0.25, -0.2) is 0 Å². The predicted molar refractivity (Wildman–Crippen MR) is 117 cm³/mol. The van der Waals surface area contributed by atoms with E-state index in [-0.39, 0.29) is 48.2 Å². The third-order valence-electron chi connectivity index (χ3n) is 5.27. The van der Waals surface area contributed by atoms with Gasteiger partial charge in [-0.05, 0) is 29.8 Å². The summed E-state index contributed by atoms with van der Waals surface area (Å²) < 4.78 is 5.33. The van der Waals surface area contributed by atoms with Crippen LogP contribution >= 0.6 is 11.8 Å². The lowest BCUT2D eigenvalue weighted by atomic mass is 10.1. The van der Waals surface area contributed by atoms with Gasteiger partial charge in [0.25, 0.3) is 5.24 Å². The van der Waals surface area contributed by atoms with Crippen LogP contribution in [0.5, 0.6) is 5.75 Å². The molecule has 31 heavy (non-hydrogen) atoms. The van der Waals surface area contributed by atoms with Crippen LogP contribution in [0.2, 0.25) is 0 Å². The van der Waals surface area contributed by atoms with Crippen molar-refractivity contribution in [2.75, 3.05) is 29.6 Å². The number of benzene rings is 2. The predicted octanol–water partition coefficient (Wildman–Crippen LogP) is 2.88. The number of amides is 4. The first-order chi connectivity index (χ1) is 15.0. The number of rotatable bonds is 6. The molecule has 4 amide bonds. The van der Waals surface area contributed by atoms with Crippen LogP contribution in [0.3, 0.4) is 0 Å². The summed E-state index contributed by atoms with van der Waals surface area (Å²) in [5.41, 5.74) is 2.03. The maximum Gasteiger partial charge on any atom is 0.289 e. The fourth-order valence-electron chi connectivity index (χ4n) is 3.62. The summed E-state index contributed by atoms with van der Waals surface area (Å²) in [6.45, 7) is 0.490. The van der Waals surface area contributed by atoms with Gasteiger partial charge < -0.3 is 15.0 Å². The highest BCUT2D eigenvalue weighted by atomic mass is 32.2. The lowest BCUT2D eigenvalue weighted by Gasteiger charge is -2.19. The van der Waals surface area contributed by atoms with Crippen LogP contribution in [-0.2, 0) is 20.9 Å². The molecular formula is C22H21N3O5S. The fraction of sp³-hybridized carbons (Fsp3) is 0.273. The Morgan fingerprint density at radius 2 is 1.84 bits per heavy atom. The monoisotopic (exact) mass is 439 g/mol. The number of thioether (sulfide) groups is 1. The van der Waals surface area contributed by atoms with Crippen molar-refractivity contribution in [3.8, 4) is 5.75 Å². The molecule has 160 valence electrons. The van der Waals surface area contributed by atoms with Crippen molar-refractivity contribution in [3.05, 3.63) is 54.1 Å². The molecule has 0 aromatic heterocycles. The van der Waals surface area contributed by atoms with Crippen LogP contribution in [0.25, 0.3) is 0 Å². The van der Waals surface area contributed by atoms with Gasteiger partial charge in [-0.15, -0.1) is 0 Å². The number of imide groups is 1. The Labute approximate surface area is 183 Å². The number of nitrogens with one attached hydrogen (secondary N) is 1. The first kappa shape index (κ1) is 20.9. The highest BCUT2D eigenvalue weighted by Crippen LogP contribution is 2.33. The SMILES string of the molecule is COc1ccccc1N1CC(C(=O)Nc2ccc(CN3C(=O)CSC3=O)cc2)CC1=O. The summed E-state index contributed by atoms with van der Waals surface area (Å²) >= 11 is 1.00. The van der Waals surface area contributed by atoms with Crippen molar-refractivity contribution in [2.45, 2.75) is 13.0 Å². The molecule has 1 atom stereocenters. The number of methoxy groups -OCH3 is 1. The topological polar surface area (TPSA) is 96.0 Å². The summed E-state index contributed by atoms with van der Waals surface area (Å²) in [4.78, 5) is 51.5. The zero-order valence-corrected chi connectivity index (χ0v) is 17.7. The highest BCUT2D eigenvalue weighted by Gasteiger charge is 2.36. The van der Waals surface area contributed by atoms with Crippen molar-refractivity contribution in [1.29, 1.82) is 0 Å². The number of anilines is 2. The summed E-state index contributed by atoms with van der Waals surface area (Å²) in [6.07, 6.45) is 0.124. The maximum absolute atomic E-state index is 12.7. The first-order valence-electron chi connectivity index (χ1n) is 9.76. The van der Waals surface area contributed by atoms with Gasteiger partial charge in [-0.2, -0.15) is 0 Å². The van der Waals surface area contributed by atoms with Crippen LogP contribution in [0.4, 0.5) is 16.2 Å². The second-order valence-corrected chi connectivity index (χ2v) is 8.22. The molecule has 9 heteroatoms. The molecule has 2 heterocycles. The van der Waals surface area contributed by atoms with Gasteiger partial charge >= 0.3 is 0 Å². The van der Waals surface area contributed by atoms with Crippen LogP contribution in [0.1, 0.15) is 12.0 Å². The molecular weight excluding hydrogens is 418 g/mol. The molecule has 0 radical (unpaired) electrons. The van der Waals surface area contributed by atoms with Crippen LogP contribution in [-0.4, -0.2) is 47.3 Å². The zero-order valence-electron chi connectivity index (χ0n) is 16.9. The smallest absolute Gasteiger partial charge is 0.289 e. The molecule has 2 aromatic rings. The average molecular weight is 439 g/mol. The maximum atomic E-state index is 12.7. The van der Waals surface area contributed by atoms with Gasteiger partial charge in [-0.1, -0.05) is 36.0 Å². The van der Waals surface area contributed by atoms with Gasteiger partial charge in [0.2, 0.25) is 17.7 Å². The molecule has 2 aliphatic rings. The van der Waals surface area contributed by atoms with E-state index in [1.54, 1.807) is 48.4 Å². The number of hydrogen-bond donors (Lipinski definition) is 1. The van der Waals surface area contributed by atoms with E-state index in [4.69, 9.17) is 4.74 Å². The van der Waals surface area contributed by atoms with E-state index in [1.807, 2.05) is 12.1 Å². The van der Waals surface area contributed by atoms with Crippen LogP contribution in [0, 0.1) is 5.92 Å². The summed E-state index contributed by atoms with van der Waals surface area (Å²) in [5, 5.41) is 2.60. The number of ether oxygens (including phenoxy) is 1. The molecule has 2 fully saturated rings. The third-order valence-corrected chi connectivity index (χ3v) is 6.13. The molecule has 0 saturated carbocycles. The Morgan fingerprint density at radius 3 is 2.52 bits per heavy atom. The van der Waals surface area contributed by atoms with Gasteiger partial charge in [0.1, 0.15) is 5.75 Å². The minimum atomic E-state index is -0.478. The van der Waals surface area contributed by atoms with Crippen molar-refractivity contribution >= 4 is 46.1 Å². The van der Waals surface area contributed by atoms with Gasteiger partial charge in [0, 0.05) is 18.7 Å². The molecule has 0 spiro atoms. The minimum absolute atomic E-state index is 0.124. The molecule has 0 bridgehead atoms. The molecule has 1 unspecified atom stereocenters. The number of carbonyl (C=O) groups is 4. The van der Waals surface area contributed by atoms with E-state index in [2.05, 4.69) is 5.32 Å². The molecule has 1 N–H and O–H groups in total. The van der Waals surface area contributed by atoms with E-state index in [9.17, 15) is 19.2 Å². The van der Waals surface area contributed by atoms with Crippen molar-refractivity contribution in [1.82, 2.24) is 4.90 Å². The average Bonchev–Trinajstić information content (AvgIpc) is 3.32. The van der Waals surface area contributed by atoms with Crippen molar-refractivity contribution in [2.24, 2.45) is 5.92 Å². The quantitative estimate of drug-likeness (QED) is 0.744. The number of carbonyl (C=O) groups excluding carboxylic acids is 4. The van der Waals surface area contributed by atoms with E-state index < -0.39 is 5.92 Å². The first-order valence-corrected chi connectivity index (χ1v) is 10.7. The van der Waals surface area contributed by atoms with Crippen molar-refractivity contribution in [3.63, 3.8) is 0 Å². The lowest BCUT2D eigenvalue weighted by molar-refractivity contribution is -0.125. The molecule has 0 aliphatic carbocycles. The molecule has 2 saturated heterocycles. The van der Waals surface area contributed by atoms with Gasteiger partial charge in [0.05, 0.1) is 31.0 Å². The highest BCUT2D eigenvalue weighted by molar-refractivity contribution is 8.14. The largest absolute Gasteiger partial charge is 0.495 e. The van der Waals surface area contributed by atoms with E-state index >= 15 is 0 Å². The number of nitrogens with zero attached hydrogens (tertiary/aromatic N) is 2. The van der Waals surface area contributed by atoms with Gasteiger partial charge in [-0.3, -0.25) is 24.1 Å². The Bertz CT molecular complexity index is 1020. The van der Waals surface area contributed by atoms with Crippen molar-refractivity contribution < 1.29 is 23.9 Å². The number of hydrogen-bond acceptors (Lipinski definition) is 6. The number of para-hydroxylation sites is 2. The van der Waals surface area contributed by atoms with Crippen LogP contribution < -0.4 is 15.0 Å². The van der Waals surface area contributed by atoms with Gasteiger partial charge in [0.15, 0.2) is 0 Å². The fourth-order valence-corrected chi connectivity index (χ4v) is 4.35. The summed E-state index contributed by atoms with van der Waals surface area (Å²) in [5.74, 6) is -0.274. The lowest BCUT2D eigenvalue weighted by Crippen LogP contribution is -2.28. The van der Waals surface area contributed by atoms with E-state index in [0.717, 1.165) is 17.3 Å². The standard InChI is InChI=1S/C22H21N3O5S/c1-30-18-5-3-2-4-17(18)24-12-15(10-19(24)26)21(28)23-16-8-6-14(7-9-16)11-25-20(27)13-31-22(25)29/h2-9,15H,10-13H2,1H3,(H,23,28). The molecule has 2 aliphatic heterocycles. The van der Waals surface area contributed by atoms with E-state index in [0.29, 0.717) is 17.1 Å². The second kappa shape index (κ2) is 8.81. The Kier molecular flexibility index (Phi) is 5.94. The Morgan fingerprint density at radius 1 is 1.10 bits per heavy atom. The molecule has 4 rings (SSSR count). The zero-order chi connectivity index (χ0) is 22.0. The summed E-state index contributed by atoms with van der Waals surface area (Å²) in [7, 11) is 1.54. The second-order valence-electron chi connectivity index (χ2n) is 7.30. The molecule has 8 nitrogen and oxygen atoms in total. The Balaban J connectivity index is 1.38. The van der Waals surface area contributed by atoms with Crippen LogP contribution in [0.15, 0.2) is 48.5 Å². The third kappa shape index (κ3) is 4.41. The normalized spacial score (nSPS) is 18.6.